The molecule has 7 heteroatoms. The molecule has 1 fully saturated rings. The average Bonchev–Trinajstić information content (AvgIpc) is 3.25. The molecular weight excluding hydrogens is 325 g/mol. The summed E-state index contributed by atoms with van der Waals surface area (Å²) in [6, 6.07) is 5.66. The number of ether oxygens (including phenoxy) is 1. The summed E-state index contributed by atoms with van der Waals surface area (Å²) in [4.78, 5) is 17.9. The molecule has 1 aliphatic rings. The number of likely N-dealkylation sites (tertiary alicyclic amines) is 1. The summed E-state index contributed by atoms with van der Waals surface area (Å²) in [5.41, 5.74) is -1.06. The number of halogens is 1. The summed E-state index contributed by atoms with van der Waals surface area (Å²) in [6.45, 7) is 1.61. The maximum atomic E-state index is 12.9. The van der Waals surface area contributed by atoms with E-state index in [9.17, 15) is 14.3 Å². The lowest BCUT2D eigenvalue weighted by Gasteiger charge is -2.23. The topological polar surface area (TPSA) is 67.6 Å². The van der Waals surface area contributed by atoms with Crippen molar-refractivity contribution < 1.29 is 19.0 Å². The maximum absolute atomic E-state index is 12.9. The lowest BCUT2D eigenvalue weighted by Crippen LogP contribution is -2.40. The van der Waals surface area contributed by atoms with Crippen LogP contribution in [-0.2, 0) is 11.3 Å². The Morgan fingerprint density at radius 1 is 1.36 bits per heavy atom. The van der Waals surface area contributed by atoms with Crippen molar-refractivity contribution in [1.82, 2.24) is 14.5 Å². The van der Waals surface area contributed by atoms with Crippen LogP contribution in [0.15, 0.2) is 43.0 Å². The minimum atomic E-state index is -1.06. The van der Waals surface area contributed by atoms with Crippen LogP contribution in [0.3, 0.4) is 0 Å². The SMILES string of the molecule is O=C(CCCn1ccnc1)N1CC[C@](O)(COc2ccc(F)cc2)C1. The van der Waals surface area contributed by atoms with E-state index in [0.717, 1.165) is 13.0 Å². The molecular formula is C18H22FN3O3. The molecule has 0 saturated carbocycles. The Hall–Kier alpha value is -2.41. The van der Waals surface area contributed by atoms with Gasteiger partial charge in [0.25, 0.3) is 0 Å². The van der Waals surface area contributed by atoms with Gasteiger partial charge in [0, 0.05) is 31.9 Å². The van der Waals surface area contributed by atoms with E-state index >= 15 is 0 Å². The molecule has 1 amide bonds. The number of rotatable bonds is 7. The van der Waals surface area contributed by atoms with Crippen LogP contribution in [0.2, 0.25) is 0 Å². The molecule has 0 aliphatic carbocycles. The van der Waals surface area contributed by atoms with Gasteiger partial charge in [0.05, 0.1) is 12.9 Å². The molecule has 25 heavy (non-hydrogen) atoms. The summed E-state index contributed by atoms with van der Waals surface area (Å²) < 4.78 is 20.4. The highest BCUT2D eigenvalue weighted by molar-refractivity contribution is 5.76. The molecule has 0 spiro atoms. The lowest BCUT2D eigenvalue weighted by molar-refractivity contribution is -0.131. The fourth-order valence-electron chi connectivity index (χ4n) is 2.93. The van der Waals surface area contributed by atoms with E-state index < -0.39 is 5.60 Å². The molecule has 3 rings (SSSR count). The van der Waals surface area contributed by atoms with Gasteiger partial charge in [-0.15, -0.1) is 0 Å². The zero-order valence-corrected chi connectivity index (χ0v) is 14.0. The van der Waals surface area contributed by atoms with E-state index in [2.05, 4.69) is 4.98 Å². The van der Waals surface area contributed by atoms with Gasteiger partial charge in [0.1, 0.15) is 23.8 Å². The number of amides is 1. The van der Waals surface area contributed by atoms with Gasteiger partial charge in [-0.1, -0.05) is 0 Å². The van der Waals surface area contributed by atoms with Gasteiger partial charge in [-0.05, 0) is 37.1 Å². The lowest BCUT2D eigenvalue weighted by atomic mass is 10.1. The van der Waals surface area contributed by atoms with Crippen molar-refractivity contribution in [3.63, 3.8) is 0 Å². The van der Waals surface area contributed by atoms with E-state index in [1.54, 1.807) is 17.4 Å². The second-order valence-electron chi connectivity index (χ2n) is 6.44. The largest absolute Gasteiger partial charge is 0.491 e. The number of aryl methyl sites for hydroxylation is 1. The molecule has 0 unspecified atom stereocenters. The predicted molar refractivity (Wildman–Crippen MR) is 89.5 cm³/mol. The fraction of sp³-hybridized carbons (Fsp3) is 0.444. The molecule has 0 radical (unpaired) electrons. The van der Waals surface area contributed by atoms with E-state index in [-0.39, 0.29) is 24.9 Å². The molecule has 1 atom stereocenters. The van der Waals surface area contributed by atoms with Crippen molar-refractivity contribution in [3.05, 3.63) is 48.8 Å². The van der Waals surface area contributed by atoms with Crippen LogP contribution in [0.5, 0.6) is 5.75 Å². The van der Waals surface area contributed by atoms with Crippen LogP contribution in [0.1, 0.15) is 19.3 Å². The highest BCUT2D eigenvalue weighted by Gasteiger charge is 2.38. The van der Waals surface area contributed by atoms with Gasteiger partial charge in [0.2, 0.25) is 5.91 Å². The molecule has 2 aromatic rings. The van der Waals surface area contributed by atoms with Crippen LogP contribution in [0, 0.1) is 5.82 Å². The molecule has 1 aromatic heterocycles. The summed E-state index contributed by atoms with van der Waals surface area (Å²) >= 11 is 0. The Labute approximate surface area is 145 Å². The van der Waals surface area contributed by atoms with Crippen molar-refractivity contribution in [1.29, 1.82) is 0 Å². The van der Waals surface area contributed by atoms with Gasteiger partial charge in [-0.25, -0.2) is 9.37 Å². The Balaban J connectivity index is 1.43. The van der Waals surface area contributed by atoms with E-state index in [1.165, 1.54) is 24.3 Å². The first-order valence-electron chi connectivity index (χ1n) is 8.38. The maximum Gasteiger partial charge on any atom is 0.222 e. The van der Waals surface area contributed by atoms with Crippen LogP contribution in [0.25, 0.3) is 0 Å². The first kappa shape index (κ1) is 17.4. The zero-order chi connectivity index (χ0) is 17.7. The minimum absolute atomic E-state index is 0.0397. The van der Waals surface area contributed by atoms with Gasteiger partial charge < -0.3 is 19.3 Å². The number of carbonyl (C=O) groups is 1. The van der Waals surface area contributed by atoms with Crippen molar-refractivity contribution in [2.24, 2.45) is 0 Å². The smallest absolute Gasteiger partial charge is 0.222 e. The standard InChI is InChI=1S/C18H22FN3O3/c19-15-3-5-16(6-4-15)25-13-18(24)7-10-22(12-18)17(23)2-1-9-21-11-8-20-14-21/h3-6,8,11,14,24H,1-2,7,9-10,12-13H2/t18-/m1/s1. The average molecular weight is 347 g/mol. The molecule has 1 aliphatic heterocycles. The van der Waals surface area contributed by atoms with Crippen molar-refractivity contribution in [2.45, 2.75) is 31.4 Å². The van der Waals surface area contributed by atoms with Gasteiger partial charge in [-0.2, -0.15) is 0 Å². The number of aliphatic hydroxyl groups is 1. The first-order chi connectivity index (χ1) is 12.0. The monoisotopic (exact) mass is 347 g/mol. The normalized spacial score (nSPS) is 20.0. The van der Waals surface area contributed by atoms with Gasteiger partial charge >= 0.3 is 0 Å². The number of hydrogen-bond donors (Lipinski definition) is 1. The van der Waals surface area contributed by atoms with Crippen molar-refractivity contribution >= 4 is 5.91 Å². The molecule has 2 heterocycles. The van der Waals surface area contributed by atoms with E-state index in [0.29, 0.717) is 25.1 Å². The summed E-state index contributed by atoms with van der Waals surface area (Å²) in [5.74, 6) is 0.206. The second kappa shape index (κ2) is 7.65. The molecule has 1 N–H and O–H groups in total. The highest BCUT2D eigenvalue weighted by Crippen LogP contribution is 2.24. The van der Waals surface area contributed by atoms with Crippen LogP contribution >= 0.6 is 0 Å². The first-order valence-corrected chi connectivity index (χ1v) is 8.38. The van der Waals surface area contributed by atoms with Gasteiger partial charge in [-0.3, -0.25) is 4.79 Å². The third-order valence-corrected chi connectivity index (χ3v) is 4.37. The quantitative estimate of drug-likeness (QED) is 0.830. The van der Waals surface area contributed by atoms with Gasteiger partial charge in [0.15, 0.2) is 0 Å². The molecule has 6 nitrogen and oxygen atoms in total. The van der Waals surface area contributed by atoms with E-state index in [1.807, 2.05) is 10.8 Å². The molecule has 1 aromatic carbocycles. The summed E-state index contributed by atoms with van der Waals surface area (Å²) in [5, 5.41) is 10.6. The molecule has 1 saturated heterocycles. The summed E-state index contributed by atoms with van der Waals surface area (Å²) in [6.07, 6.45) is 6.95. The van der Waals surface area contributed by atoms with Crippen molar-refractivity contribution in [2.75, 3.05) is 19.7 Å². The van der Waals surface area contributed by atoms with E-state index in [4.69, 9.17) is 4.74 Å². The summed E-state index contributed by atoms with van der Waals surface area (Å²) in [7, 11) is 0. The Morgan fingerprint density at radius 2 is 2.16 bits per heavy atom. The van der Waals surface area contributed by atoms with Crippen LogP contribution in [0.4, 0.5) is 4.39 Å². The van der Waals surface area contributed by atoms with Crippen LogP contribution < -0.4 is 4.74 Å². The third-order valence-electron chi connectivity index (χ3n) is 4.37. The van der Waals surface area contributed by atoms with Crippen LogP contribution in [-0.4, -0.2) is 50.8 Å². The number of benzene rings is 1. The Bertz CT molecular complexity index is 690. The minimum Gasteiger partial charge on any atom is -0.491 e. The molecule has 0 bridgehead atoms. The second-order valence-corrected chi connectivity index (χ2v) is 6.44. The number of carbonyl (C=O) groups excluding carboxylic acids is 1. The Morgan fingerprint density at radius 3 is 2.88 bits per heavy atom. The zero-order valence-electron chi connectivity index (χ0n) is 14.0. The number of nitrogens with zero attached hydrogens (tertiary/aromatic N) is 3. The fourth-order valence-corrected chi connectivity index (χ4v) is 2.93. The van der Waals surface area contributed by atoms with Crippen molar-refractivity contribution in [3.8, 4) is 5.75 Å². The number of hydrogen-bond acceptors (Lipinski definition) is 4. The molecule has 134 valence electrons. The Kier molecular flexibility index (Phi) is 5.33. The number of β-amino-alcohol motifs (C(OH)–C–C–N with tert-alkyl or cyclic N) is 1. The predicted octanol–water partition coefficient (Wildman–Crippen LogP) is 1.84. The highest BCUT2D eigenvalue weighted by atomic mass is 19.1. The number of aromatic nitrogens is 2. The number of imidazole rings is 1. The third kappa shape index (κ3) is 4.79.